The Morgan fingerprint density at radius 3 is 2.48 bits per heavy atom. The maximum atomic E-state index is 13.0. The second-order valence-electron chi connectivity index (χ2n) is 6.40. The van der Waals surface area contributed by atoms with Gasteiger partial charge < -0.3 is 15.3 Å². The number of aromatic nitrogens is 1. The summed E-state index contributed by atoms with van der Waals surface area (Å²) >= 11 is 0. The molecule has 1 fully saturated rings. The lowest BCUT2D eigenvalue weighted by Gasteiger charge is -2.27. The highest BCUT2D eigenvalue weighted by atomic mass is 19.1. The first-order chi connectivity index (χ1) is 12.0. The van der Waals surface area contributed by atoms with Gasteiger partial charge in [0.15, 0.2) is 0 Å². The number of hydrogen-bond acceptors (Lipinski definition) is 3. The van der Waals surface area contributed by atoms with Crippen molar-refractivity contribution in [2.75, 3.05) is 6.54 Å². The fraction of sp³-hybridized carbons (Fsp3) is 0.368. The molecule has 1 aromatic carbocycles. The van der Waals surface area contributed by atoms with E-state index < -0.39 is 6.10 Å². The molecule has 1 aromatic heterocycles. The van der Waals surface area contributed by atoms with Crippen molar-refractivity contribution in [3.63, 3.8) is 0 Å². The average Bonchev–Trinajstić information content (AvgIpc) is 3.45. The van der Waals surface area contributed by atoms with Gasteiger partial charge in [-0.15, -0.1) is 0 Å². The third-order valence-electron chi connectivity index (χ3n) is 4.42. The van der Waals surface area contributed by atoms with Crippen LogP contribution in [0, 0.1) is 5.82 Å². The van der Waals surface area contributed by atoms with Gasteiger partial charge in [0, 0.05) is 18.4 Å². The molecule has 132 valence electrons. The fourth-order valence-electron chi connectivity index (χ4n) is 2.76. The highest BCUT2D eigenvalue weighted by Gasteiger charge is 2.34. The van der Waals surface area contributed by atoms with Crippen LogP contribution in [0.2, 0.25) is 0 Å². The first kappa shape index (κ1) is 17.4. The third kappa shape index (κ3) is 4.54. The van der Waals surface area contributed by atoms with Crippen molar-refractivity contribution in [2.24, 2.45) is 0 Å². The molecular weight excluding hydrogens is 321 g/mol. The maximum absolute atomic E-state index is 13.0. The molecule has 2 N–H and O–H groups in total. The van der Waals surface area contributed by atoms with E-state index in [4.69, 9.17) is 0 Å². The molecule has 0 aliphatic heterocycles. The van der Waals surface area contributed by atoms with Crippen molar-refractivity contribution >= 4 is 6.03 Å². The van der Waals surface area contributed by atoms with Gasteiger partial charge in [0.1, 0.15) is 5.82 Å². The fourth-order valence-corrected chi connectivity index (χ4v) is 2.76. The first-order valence-electron chi connectivity index (χ1n) is 8.45. The average molecular weight is 343 g/mol. The second-order valence-corrected chi connectivity index (χ2v) is 6.40. The number of carbonyl (C=O) groups excluding carboxylic acids is 1. The number of aliphatic hydroxyl groups is 1. The normalized spacial score (nSPS) is 16.1. The molecule has 1 aliphatic rings. The van der Waals surface area contributed by atoms with Crippen LogP contribution in [0.4, 0.5) is 9.18 Å². The number of aliphatic hydroxyl groups excluding tert-OH is 1. The van der Waals surface area contributed by atoms with E-state index in [9.17, 15) is 14.3 Å². The summed E-state index contributed by atoms with van der Waals surface area (Å²) in [6.07, 6.45) is 4.41. The van der Waals surface area contributed by atoms with Gasteiger partial charge in [-0.05, 0) is 55.2 Å². The van der Waals surface area contributed by atoms with Crippen LogP contribution in [0.25, 0.3) is 0 Å². The van der Waals surface area contributed by atoms with Crippen LogP contribution < -0.4 is 5.32 Å². The lowest BCUT2D eigenvalue weighted by Crippen LogP contribution is -2.44. The number of pyridine rings is 1. The zero-order valence-corrected chi connectivity index (χ0v) is 14.1. The van der Waals surface area contributed by atoms with E-state index >= 15 is 0 Å². The maximum Gasteiger partial charge on any atom is 0.318 e. The van der Waals surface area contributed by atoms with Crippen LogP contribution in [-0.4, -0.2) is 33.6 Å². The summed E-state index contributed by atoms with van der Waals surface area (Å²) < 4.78 is 13.0. The second kappa shape index (κ2) is 7.61. The van der Waals surface area contributed by atoms with Crippen LogP contribution >= 0.6 is 0 Å². The van der Waals surface area contributed by atoms with Gasteiger partial charge in [-0.2, -0.15) is 0 Å². The van der Waals surface area contributed by atoms with E-state index in [1.165, 1.54) is 12.1 Å². The van der Waals surface area contributed by atoms with Crippen LogP contribution in [-0.2, 0) is 0 Å². The van der Waals surface area contributed by atoms with Crippen LogP contribution in [0.3, 0.4) is 0 Å². The van der Waals surface area contributed by atoms with Crippen LogP contribution in [0.5, 0.6) is 0 Å². The van der Waals surface area contributed by atoms with Gasteiger partial charge >= 0.3 is 6.03 Å². The lowest BCUT2D eigenvalue weighted by molar-refractivity contribution is 0.116. The quantitative estimate of drug-likeness (QED) is 0.846. The third-order valence-corrected chi connectivity index (χ3v) is 4.42. The number of urea groups is 1. The Bertz CT molecular complexity index is 704. The molecule has 3 rings (SSSR count). The largest absolute Gasteiger partial charge is 0.387 e. The number of nitrogens with one attached hydrogen (secondary N) is 1. The summed E-state index contributed by atoms with van der Waals surface area (Å²) in [6.45, 7) is 2.10. The summed E-state index contributed by atoms with van der Waals surface area (Å²) in [4.78, 5) is 18.3. The molecule has 0 radical (unpaired) electrons. The summed E-state index contributed by atoms with van der Waals surface area (Å²) in [6, 6.07) is 9.23. The predicted octanol–water partition coefficient (Wildman–Crippen LogP) is 3.19. The minimum Gasteiger partial charge on any atom is -0.387 e. The highest BCUT2D eigenvalue weighted by molar-refractivity contribution is 5.75. The summed E-state index contributed by atoms with van der Waals surface area (Å²) in [5.41, 5.74) is 1.57. The number of nitrogens with zero attached hydrogens (tertiary/aromatic N) is 2. The van der Waals surface area contributed by atoms with E-state index in [0.29, 0.717) is 5.56 Å². The standard InChI is InChI=1S/C19H22FN3O2/c1-13(14-8-10-21-11-9-14)22-19(25)23(17-6-7-17)12-18(24)15-2-4-16(20)5-3-15/h2-5,8-11,13,17-18,24H,6-7,12H2,1H3,(H,22,25)/t13-,18+/m1/s1. The van der Waals surface area contributed by atoms with Crippen molar-refractivity contribution < 1.29 is 14.3 Å². The number of carbonyl (C=O) groups is 1. The zero-order valence-electron chi connectivity index (χ0n) is 14.1. The Balaban J connectivity index is 1.64. The van der Waals surface area contributed by atoms with Crippen molar-refractivity contribution in [3.05, 3.63) is 65.7 Å². The van der Waals surface area contributed by atoms with Gasteiger partial charge in [0.25, 0.3) is 0 Å². The monoisotopic (exact) mass is 343 g/mol. The van der Waals surface area contributed by atoms with Crippen LogP contribution in [0.15, 0.2) is 48.8 Å². The molecule has 2 aromatic rings. The van der Waals surface area contributed by atoms with E-state index in [1.54, 1.807) is 29.4 Å². The number of amides is 2. The molecule has 0 bridgehead atoms. The van der Waals surface area contributed by atoms with Crippen molar-refractivity contribution in [1.29, 1.82) is 0 Å². The SMILES string of the molecule is C[C@@H](NC(=O)N(C[C@H](O)c1ccc(F)cc1)C1CC1)c1ccncc1. The smallest absolute Gasteiger partial charge is 0.318 e. The number of halogens is 1. The molecule has 1 heterocycles. The zero-order chi connectivity index (χ0) is 17.8. The Hall–Kier alpha value is -2.47. The molecule has 5 nitrogen and oxygen atoms in total. The van der Waals surface area contributed by atoms with Crippen molar-refractivity contribution in [2.45, 2.75) is 38.0 Å². The Kier molecular flexibility index (Phi) is 5.28. The molecule has 2 atom stereocenters. The summed E-state index contributed by atoms with van der Waals surface area (Å²) in [5.74, 6) is -0.348. The van der Waals surface area contributed by atoms with Gasteiger partial charge in [-0.3, -0.25) is 4.98 Å². The molecule has 0 unspecified atom stereocenters. The molecule has 1 saturated carbocycles. The molecule has 25 heavy (non-hydrogen) atoms. The Morgan fingerprint density at radius 2 is 1.88 bits per heavy atom. The van der Waals surface area contributed by atoms with E-state index in [0.717, 1.165) is 18.4 Å². The topological polar surface area (TPSA) is 65.5 Å². The molecule has 0 spiro atoms. The molecule has 2 amide bonds. The Morgan fingerprint density at radius 1 is 1.24 bits per heavy atom. The number of rotatable bonds is 6. The highest BCUT2D eigenvalue weighted by Crippen LogP contribution is 2.29. The molecule has 6 heteroatoms. The van der Waals surface area contributed by atoms with Gasteiger partial charge in [-0.25, -0.2) is 9.18 Å². The van der Waals surface area contributed by atoms with E-state index in [1.807, 2.05) is 19.1 Å². The van der Waals surface area contributed by atoms with Gasteiger partial charge in [-0.1, -0.05) is 12.1 Å². The number of benzene rings is 1. The minimum atomic E-state index is -0.844. The molecular formula is C19H22FN3O2. The van der Waals surface area contributed by atoms with E-state index in [2.05, 4.69) is 10.3 Å². The molecule has 1 aliphatic carbocycles. The van der Waals surface area contributed by atoms with Gasteiger partial charge in [0.05, 0.1) is 18.7 Å². The lowest BCUT2D eigenvalue weighted by atomic mass is 10.1. The Labute approximate surface area is 146 Å². The minimum absolute atomic E-state index is 0.153. The van der Waals surface area contributed by atoms with E-state index in [-0.39, 0.29) is 30.5 Å². The van der Waals surface area contributed by atoms with Gasteiger partial charge in [0.2, 0.25) is 0 Å². The van der Waals surface area contributed by atoms with Crippen molar-refractivity contribution in [3.8, 4) is 0 Å². The first-order valence-corrected chi connectivity index (χ1v) is 8.45. The molecule has 0 saturated heterocycles. The van der Waals surface area contributed by atoms with Crippen molar-refractivity contribution in [1.82, 2.24) is 15.2 Å². The number of hydrogen-bond donors (Lipinski definition) is 2. The summed E-state index contributed by atoms with van der Waals surface area (Å²) in [5, 5.41) is 13.4. The summed E-state index contributed by atoms with van der Waals surface area (Å²) in [7, 11) is 0. The predicted molar refractivity (Wildman–Crippen MR) is 92.3 cm³/mol. The van der Waals surface area contributed by atoms with Crippen LogP contribution in [0.1, 0.15) is 43.0 Å².